The van der Waals surface area contributed by atoms with Gasteiger partial charge in [0.2, 0.25) is 0 Å². The maximum atomic E-state index is 13.5. The summed E-state index contributed by atoms with van der Waals surface area (Å²) in [5.74, 6) is 0.110. The van der Waals surface area contributed by atoms with Gasteiger partial charge in [0.1, 0.15) is 0 Å². The number of pyridine rings is 1. The van der Waals surface area contributed by atoms with Crippen LogP contribution in [0.15, 0.2) is 47.4 Å². The zero-order chi connectivity index (χ0) is 21.9. The van der Waals surface area contributed by atoms with Crippen LogP contribution in [0.2, 0.25) is 0 Å². The normalized spacial score (nSPS) is 20.2. The Bertz CT molecular complexity index is 1270. The van der Waals surface area contributed by atoms with Crippen LogP contribution in [0.3, 0.4) is 0 Å². The van der Waals surface area contributed by atoms with Gasteiger partial charge in [0, 0.05) is 66.0 Å². The van der Waals surface area contributed by atoms with Gasteiger partial charge in [-0.1, -0.05) is 6.07 Å². The number of nitrogens with zero attached hydrogens (tertiary/aromatic N) is 4. The molecule has 0 spiro atoms. The Kier molecular flexibility index (Phi) is 4.46. The van der Waals surface area contributed by atoms with Gasteiger partial charge in [-0.15, -0.1) is 0 Å². The fourth-order valence-corrected chi connectivity index (χ4v) is 5.23. The Hall–Kier alpha value is -3.42. The highest BCUT2D eigenvalue weighted by molar-refractivity contribution is 6.06. The van der Waals surface area contributed by atoms with Crippen LogP contribution >= 0.6 is 0 Å². The van der Waals surface area contributed by atoms with E-state index in [1.807, 2.05) is 35.4 Å². The Labute approximate surface area is 178 Å². The molecule has 0 radical (unpaired) electrons. The summed E-state index contributed by atoms with van der Waals surface area (Å²) in [6.07, 6.45) is 2.90. The van der Waals surface area contributed by atoms with E-state index < -0.39 is 16.2 Å². The van der Waals surface area contributed by atoms with Crippen molar-refractivity contribution in [1.29, 1.82) is 0 Å². The topological polar surface area (TPSA) is 90.4 Å². The van der Waals surface area contributed by atoms with Gasteiger partial charge < -0.3 is 14.0 Å². The molecular weight excluding hydrogens is 396 g/mol. The number of piperidine rings is 1. The summed E-state index contributed by atoms with van der Waals surface area (Å²) >= 11 is 0. The predicted octanol–water partition coefficient (Wildman–Crippen LogP) is 3.55. The molecule has 5 rings (SSSR count). The number of nitro groups is 1. The summed E-state index contributed by atoms with van der Waals surface area (Å²) in [6, 6.07) is 11.1. The molecule has 2 aromatic heterocycles. The molecule has 2 atom stereocenters. The number of carbonyl (C=O) groups is 1. The van der Waals surface area contributed by atoms with Crippen LogP contribution in [0.1, 0.15) is 48.3 Å². The first-order valence-corrected chi connectivity index (χ1v) is 10.6. The quantitative estimate of drug-likeness (QED) is 0.479. The van der Waals surface area contributed by atoms with Crippen molar-refractivity contribution in [2.45, 2.75) is 38.8 Å². The van der Waals surface area contributed by atoms with E-state index in [0.29, 0.717) is 31.2 Å². The molecule has 0 N–H and O–H groups in total. The highest BCUT2D eigenvalue weighted by atomic mass is 16.6. The molecule has 1 unspecified atom stereocenters. The molecule has 8 nitrogen and oxygen atoms in total. The van der Waals surface area contributed by atoms with Crippen molar-refractivity contribution >= 4 is 22.5 Å². The van der Waals surface area contributed by atoms with Crippen LogP contribution < -0.4 is 5.56 Å². The average molecular weight is 420 g/mol. The average Bonchev–Trinajstić information content (AvgIpc) is 3.18. The van der Waals surface area contributed by atoms with Crippen LogP contribution in [0.5, 0.6) is 0 Å². The third-order valence-electron chi connectivity index (χ3n) is 6.62. The Morgan fingerprint density at radius 2 is 1.94 bits per heavy atom. The monoisotopic (exact) mass is 420 g/mol. The van der Waals surface area contributed by atoms with Gasteiger partial charge in [-0.25, -0.2) is 0 Å². The largest absolute Gasteiger partial charge is 0.345 e. The Morgan fingerprint density at radius 3 is 2.68 bits per heavy atom. The smallest absolute Gasteiger partial charge is 0.334 e. The Balaban J connectivity index is 1.48. The molecule has 2 bridgehead atoms. The lowest BCUT2D eigenvalue weighted by molar-refractivity contribution is -0.386. The Morgan fingerprint density at radius 1 is 1.13 bits per heavy atom. The van der Waals surface area contributed by atoms with Crippen molar-refractivity contribution in [1.82, 2.24) is 14.0 Å². The van der Waals surface area contributed by atoms with Gasteiger partial charge in [-0.05, 0) is 50.5 Å². The third-order valence-corrected chi connectivity index (χ3v) is 6.62. The molecule has 4 heterocycles. The summed E-state index contributed by atoms with van der Waals surface area (Å²) in [6.45, 7) is 5.69. The van der Waals surface area contributed by atoms with Crippen molar-refractivity contribution in [3.63, 3.8) is 0 Å². The molecule has 2 aliphatic rings. The second-order valence-corrected chi connectivity index (χ2v) is 8.88. The van der Waals surface area contributed by atoms with E-state index in [-0.39, 0.29) is 17.7 Å². The number of hydrogen-bond acceptors (Lipinski definition) is 4. The van der Waals surface area contributed by atoms with E-state index in [0.717, 1.165) is 23.0 Å². The maximum absolute atomic E-state index is 13.5. The lowest BCUT2D eigenvalue weighted by Crippen LogP contribution is -2.49. The molecule has 1 fully saturated rings. The van der Waals surface area contributed by atoms with Gasteiger partial charge in [0.25, 0.3) is 5.91 Å². The molecule has 160 valence electrons. The van der Waals surface area contributed by atoms with E-state index >= 15 is 0 Å². The lowest BCUT2D eigenvalue weighted by Gasteiger charge is -2.42. The van der Waals surface area contributed by atoms with E-state index in [4.69, 9.17) is 0 Å². The van der Waals surface area contributed by atoms with Gasteiger partial charge in [-0.2, -0.15) is 0 Å². The first-order valence-electron chi connectivity index (χ1n) is 10.6. The van der Waals surface area contributed by atoms with Crippen molar-refractivity contribution in [3.05, 3.63) is 74.3 Å². The van der Waals surface area contributed by atoms with Crippen LogP contribution in [0, 0.1) is 16.0 Å². The minimum absolute atomic E-state index is 0.000449. The standard InChI is InChI=1S/C23H24N4O4/c1-14(2)25-9-8-17-18(4-3-5-20(17)25)22(28)24-11-15-10-16(13-24)19-6-7-21(27(30)31)23(29)26(19)12-15/h3-9,14-16H,10-13H2,1-2H3/t15-,16?/m1/s1. The van der Waals surface area contributed by atoms with Gasteiger partial charge in [0.15, 0.2) is 0 Å². The summed E-state index contributed by atoms with van der Waals surface area (Å²) in [5.41, 5.74) is 1.59. The van der Waals surface area contributed by atoms with Crippen molar-refractivity contribution in [3.8, 4) is 0 Å². The van der Waals surface area contributed by atoms with Crippen molar-refractivity contribution in [2.75, 3.05) is 13.1 Å². The second-order valence-electron chi connectivity index (χ2n) is 8.88. The van der Waals surface area contributed by atoms with Crippen molar-refractivity contribution in [2.24, 2.45) is 5.92 Å². The fourth-order valence-electron chi connectivity index (χ4n) is 5.23. The number of fused-ring (bicyclic) bond motifs is 5. The lowest BCUT2D eigenvalue weighted by atomic mass is 9.83. The predicted molar refractivity (Wildman–Crippen MR) is 116 cm³/mol. The molecule has 31 heavy (non-hydrogen) atoms. The molecule has 1 amide bonds. The van der Waals surface area contributed by atoms with E-state index in [1.165, 1.54) is 6.07 Å². The molecule has 0 saturated carbocycles. The van der Waals surface area contributed by atoms with Crippen molar-refractivity contribution < 1.29 is 9.72 Å². The molecule has 0 aliphatic carbocycles. The SMILES string of the molecule is CC(C)n1ccc2c(C(=O)N3CC4C[C@H](C3)Cn3c4ccc([N+](=O)[O-])c3=O)cccc21. The first kappa shape index (κ1) is 19.5. The molecule has 8 heteroatoms. The van der Waals surface area contributed by atoms with Crippen LogP contribution in [-0.2, 0) is 6.54 Å². The number of hydrogen-bond donors (Lipinski definition) is 0. The van der Waals surface area contributed by atoms with Gasteiger partial charge >= 0.3 is 11.2 Å². The second kappa shape index (κ2) is 7.08. The molecule has 3 aromatic rings. The zero-order valence-electron chi connectivity index (χ0n) is 17.5. The molecule has 1 saturated heterocycles. The number of carbonyl (C=O) groups excluding carboxylic acids is 1. The summed E-state index contributed by atoms with van der Waals surface area (Å²) in [7, 11) is 0. The number of likely N-dealkylation sites (tertiary alicyclic amines) is 1. The number of benzene rings is 1. The minimum Gasteiger partial charge on any atom is -0.345 e. The minimum atomic E-state index is -0.625. The third kappa shape index (κ3) is 3.05. The maximum Gasteiger partial charge on any atom is 0.334 e. The van der Waals surface area contributed by atoms with E-state index in [1.54, 1.807) is 10.6 Å². The summed E-state index contributed by atoms with van der Waals surface area (Å²) in [5, 5.41) is 12.1. The zero-order valence-corrected chi connectivity index (χ0v) is 17.5. The first-order chi connectivity index (χ1) is 14.8. The highest BCUT2D eigenvalue weighted by Crippen LogP contribution is 2.36. The molecule has 1 aromatic carbocycles. The van der Waals surface area contributed by atoms with E-state index in [2.05, 4.69) is 18.4 Å². The van der Waals surface area contributed by atoms with Crippen LogP contribution in [-0.4, -0.2) is 38.0 Å². The van der Waals surface area contributed by atoms with Crippen LogP contribution in [0.4, 0.5) is 5.69 Å². The van der Waals surface area contributed by atoms with Gasteiger partial charge in [0.05, 0.1) is 4.92 Å². The number of aromatic nitrogens is 2. The molecular formula is C23H24N4O4. The number of amides is 1. The highest BCUT2D eigenvalue weighted by Gasteiger charge is 2.38. The fraction of sp³-hybridized carbons (Fsp3) is 0.391. The summed E-state index contributed by atoms with van der Waals surface area (Å²) in [4.78, 5) is 38.5. The summed E-state index contributed by atoms with van der Waals surface area (Å²) < 4.78 is 3.70. The van der Waals surface area contributed by atoms with Crippen LogP contribution in [0.25, 0.3) is 10.9 Å². The van der Waals surface area contributed by atoms with E-state index in [9.17, 15) is 19.7 Å². The number of rotatable bonds is 3. The molecule has 2 aliphatic heterocycles. The van der Waals surface area contributed by atoms with Gasteiger partial charge in [-0.3, -0.25) is 19.7 Å².